The molecular weight excluding hydrogens is 1670 g/mol. The number of nitriles is 4. The normalized spacial score (nSPS) is 19.6. The summed E-state index contributed by atoms with van der Waals surface area (Å²) in [6.07, 6.45) is 41.1. The molecule has 32 nitrogen and oxygen atoms in total. The van der Waals surface area contributed by atoms with Gasteiger partial charge in [-0.25, -0.2) is 39.9 Å². The van der Waals surface area contributed by atoms with Crippen molar-refractivity contribution >= 4 is 74.5 Å². The van der Waals surface area contributed by atoms with Crippen LogP contribution in [0.25, 0.3) is 89.2 Å². The number of aliphatic hydroxyl groups excluding tert-OH is 3. The van der Waals surface area contributed by atoms with Gasteiger partial charge in [-0.3, -0.25) is 18.7 Å². The van der Waals surface area contributed by atoms with Gasteiger partial charge < -0.3 is 48.2 Å². The molecule has 0 saturated heterocycles. The zero-order chi connectivity index (χ0) is 90.5. The molecule has 0 aliphatic heterocycles. The van der Waals surface area contributed by atoms with Crippen molar-refractivity contribution < 1.29 is 39.1 Å². The molecule has 13 aromatic rings. The second kappa shape index (κ2) is 43.9. The highest BCUT2D eigenvalue weighted by Crippen LogP contribution is 2.46. The summed E-state index contributed by atoms with van der Waals surface area (Å²) in [5, 5.41) is 89.4. The molecule has 1 aromatic carbocycles. The number of benzene rings is 1. The van der Waals surface area contributed by atoms with Gasteiger partial charge >= 0.3 is 6.15 Å². The number of nitrogens with one attached hydrogen (secondary N) is 1. The Morgan fingerprint density at radius 2 is 0.719 bits per heavy atom. The van der Waals surface area contributed by atoms with E-state index in [-0.39, 0.29) is 66.4 Å². The standard InChI is InChI=1S/C29H36N6OSi.2C23H32N6O2Si.C17H18N6O.CO2/c1-37(2,3)16-15-36-21-34-14-12-26-28(31-20-32-29(26)34)25-18-33-35(19-25)27(11-13-30)24-10-9-23(17-24)22-7-5-4-6-8-22;2*1-32(2,3)11-10-31-16-28-9-7-20-22(25-15-26-23(20)28)18-13-27-29(14-18)21(6-8-24)17-4-5-19(30)12-17;18-5-3-15(11-1-2-13(24)7-11)23-9-12(8-22-23)16-14-4-6-19-17(14)21-10-20-16;2-1-3/h4-8,12,14,18-20,23-24,27H,9-11,15-17,21H2,1-3H3;2*7,9,13-15,17,19,21,30H,4-6,10-12,16H2,1-3H3;4,6,8-11,13,15,24H,1-3,7H2,(H,19,20,21);/t23-,24-,27?;17-,19+,21?;17-,19-,21?;11-,13-,15?;/m0000./s1. The van der Waals surface area contributed by atoms with E-state index in [9.17, 15) is 36.4 Å². The lowest BCUT2D eigenvalue weighted by Gasteiger charge is -2.22. The van der Waals surface area contributed by atoms with Gasteiger partial charge in [-0.2, -0.15) is 51.0 Å². The first-order chi connectivity index (χ1) is 61.8. The van der Waals surface area contributed by atoms with Crippen LogP contribution in [0, 0.1) is 69.0 Å². The lowest BCUT2D eigenvalue weighted by atomic mass is 9.92. The van der Waals surface area contributed by atoms with E-state index in [4.69, 9.17) is 28.9 Å². The highest BCUT2D eigenvalue weighted by Gasteiger charge is 2.37. The molecule has 4 fully saturated rings. The van der Waals surface area contributed by atoms with Crippen molar-refractivity contribution in [3.8, 4) is 69.3 Å². The Kier molecular flexibility index (Phi) is 32.2. The highest BCUT2D eigenvalue weighted by atomic mass is 28.3. The average Bonchev–Trinajstić information content (AvgIpc) is 1.48. The Bertz CT molecular complexity index is 5800. The summed E-state index contributed by atoms with van der Waals surface area (Å²) in [5.41, 5.74) is 11.7. The minimum atomic E-state index is -1.12. The number of hydrogen-bond donors (Lipinski definition) is 4. The molecule has 12 aromatic heterocycles. The Labute approximate surface area is 749 Å². The van der Waals surface area contributed by atoms with Crippen molar-refractivity contribution in [1.29, 1.82) is 21.0 Å². The first kappa shape index (κ1) is 93.9. The van der Waals surface area contributed by atoms with Gasteiger partial charge in [0.1, 0.15) is 68.1 Å². The summed E-state index contributed by atoms with van der Waals surface area (Å²) in [6, 6.07) is 31.4. The fraction of sp³-hybridized carbons (Fsp3) is 0.495. The van der Waals surface area contributed by atoms with Crippen molar-refractivity contribution in [2.75, 3.05) is 19.8 Å². The summed E-state index contributed by atoms with van der Waals surface area (Å²) in [7, 11) is -3.35. The summed E-state index contributed by atoms with van der Waals surface area (Å²) in [5.74, 6) is 1.79. The number of H-pyrrole nitrogens is 1. The van der Waals surface area contributed by atoms with Crippen molar-refractivity contribution in [2.45, 2.75) is 248 Å². The van der Waals surface area contributed by atoms with Crippen LogP contribution in [0.5, 0.6) is 0 Å². The molecule has 4 aliphatic rings. The monoisotopic (exact) mass is 1780 g/mol. The molecule has 670 valence electrons. The fourth-order valence-corrected chi connectivity index (χ4v) is 20.3. The zero-order valence-corrected chi connectivity index (χ0v) is 77.7. The first-order valence-electron chi connectivity index (χ1n) is 44.5. The molecule has 0 amide bonds. The molecule has 128 heavy (non-hydrogen) atoms. The predicted octanol–water partition coefficient (Wildman–Crippen LogP) is 16.9. The number of nitrogens with zero attached hydrogens (tertiary/aromatic N) is 23. The highest BCUT2D eigenvalue weighted by molar-refractivity contribution is 6.76. The molecule has 17 rings (SSSR count). The van der Waals surface area contributed by atoms with Crippen molar-refractivity contribution in [3.63, 3.8) is 0 Å². The molecule has 4 saturated carbocycles. The van der Waals surface area contributed by atoms with Gasteiger partial charge in [-0.05, 0) is 155 Å². The predicted molar refractivity (Wildman–Crippen MR) is 492 cm³/mol. The Morgan fingerprint density at radius 3 is 1.03 bits per heavy atom. The maximum atomic E-state index is 9.94. The van der Waals surface area contributed by atoms with E-state index in [1.165, 1.54) is 11.9 Å². The number of hydrogen-bond acceptors (Lipinski definition) is 24. The fourth-order valence-electron chi connectivity index (χ4n) is 18.0. The minimum Gasteiger partial charge on any atom is -0.393 e. The van der Waals surface area contributed by atoms with Crippen LogP contribution in [0.15, 0.2) is 154 Å². The van der Waals surface area contributed by atoms with Gasteiger partial charge in [-0.1, -0.05) is 89.3 Å². The number of aliphatic hydroxyl groups is 3. The van der Waals surface area contributed by atoms with Crippen molar-refractivity contribution in [3.05, 3.63) is 160 Å². The Balaban J connectivity index is 0.000000146. The van der Waals surface area contributed by atoms with E-state index in [1.54, 1.807) is 37.6 Å². The molecular formula is C93H118N24O8Si3. The van der Waals surface area contributed by atoms with Gasteiger partial charge in [0.25, 0.3) is 0 Å². The first-order valence-corrected chi connectivity index (χ1v) is 55.6. The maximum absolute atomic E-state index is 9.94. The number of fused-ring (bicyclic) bond motifs is 4. The third kappa shape index (κ3) is 24.4. The van der Waals surface area contributed by atoms with Crippen molar-refractivity contribution in [1.82, 2.24) is 97.7 Å². The van der Waals surface area contributed by atoms with E-state index >= 15 is 0 Å². The van der Waals surface area contributed by atoms with E-state index in [2.05, 4.69) is 186 Å². The second-order valence-electron chi connectivity index (χ2n) is 37.7. The quantitative estimate of drug-likeness (QED) is 0.0225. The van der Waals surface area contributed by atoms with E-state index in [1.807, 2.05) is 100 Å². The second-order valence-corrected chi connectivity index (χ2v) is 54.6. The average molecular weight is 1780 g/mol. The van der Waals surface area contributed by atoms with Crippen LogP contribution < -0.4 is 0 Å². The lowest BCUT2D eigenvalue weighted by Crippen LogP contribution is -2.22. The number of carbonyl (C=O) groups excluding carboxylic acids is 2. The maximum Gasteiger partial charge on any atom is 0.373 e. The van der Waals surface area contributed by atoms with Gasteiger partial charge in [0.2, 0.25) is 0 Å². The molecule has 35 heteroatoms. The smallest absolute Gasteiger partial charge is 0.373 e. The minimum absolute atomic E-state index is 0.00977. The van der Waals surface area contributed by atoms with Gasteiger partial charge in [0.15, 0.2) is 0 Å². The Morgan fingerprint density at radius 1 is 0.406 bits per heavy atom. The molecule has 4 unspecified atom stereocenters. The lowest BCUT2D eigenvalue weighted by molar-refractivity contribution is -0.191. The molecule has 12 heterocycles. The zero-order valence-electron chi connectivity index (χ0n) is 74.7. The summed E-state index contributed by atoms with van der Waals surface area (Å²) >= 11 is 0. The summed E-state index contributed by atoms with van der Waals surface area (Å²) in [6.45, 7) is 24.9. The van der Waals surface area contributed by atoms with Crippen LogP contribution >= 0.6 is 0 Å². The van der Waals surface area contributed by atoms with Crippen LogP contribution in [0.4, 0.5) is 0 Å². The molecule has 0 radical (unpaired) electrons. The number of aromatic amines is 1. The third-order valence-corrected chi connectivity index (χ3v) is 30.1. The third-order valence-electron chi connectivity index (χ3n) is 25.0. The van der Waals surface area contributed by atoms with Crippen molar-refractivity contribution in [2.24, 2.45) is 23.7 Å². The molecule has 12 atom stereocenters. The van der Waals surface area contributed by atoms with E-state index in [0.29, 0.717) is 57.7 Å². The van der Waals surface area contributed by atoms with Crippen LogP contribution in [-0.4, -0.2) is 182 Å². The van der Waals surface area contributed by atoms with E-state index in [0.717, 1.165) is 204 Å². The molecule has 0 bridgehead atoms. The number of rotatable bonds is 32. The van der Waals surface area contributed by atoms with Gasteiger partial charge in [-0.15, -0.1) is 0 Å². The van der Waals surface area contributed by atoms with Gasteiger partial charge in [0.05, 0.1) is 140 Å². The Hall–Kier alpha value is -11.7. The largest absolute Gasteiger partial charge is 0.393 e. The summed E-state index contributed by atoms with van der Waals surface area (Å²) < 4.78 is 31.4. The van der Waals surface area contributed by atoms with Crippen LogP contribution in [0.2, 0.25) is 77.1 Å². The topological polar surface area (TPSA) is 423 Å². The molecule has 4 aliphatic carbocycles. The SMILES string of the molecule is C[Si](C)(C)CCOCn1ccc2c(-c3cnn(C(CC#N)[C@H]4CC[C@@H](O)C4)c3)ncnc21.C[Si](C)(C)CCOCn1ccc2c(-c3cnn(C(CC#N)[C@H]4CC[C@H](O)C4)c3)ncnc21.C[Si](C)(C)CCOCn1ccc2c(-c3cnn(C(CC#N)[C@H]4CC[C@H](c5ccccc5)C4)c3)ncnc21.N#CCC([C@H]1CC[C@H](O)C1)n1cc(-c2ncnc3[nH]ccc23)cn1.O=C=O. The van der Waals surface area contributed by atoms with E-state index < -0.39 is 24.2 Å². The molecule has 0 spiro atoms. The van der Waals surface area contributed by atoms with Crippen LogP contribution in [0.1, 0.15) is 138 Å². The van der Waals surface area contributed by atoms with Crippen LogP contribution in [0.3, 0.4) is 0 Å². The molecule has 4 N–H and O–H groups in total. The summed E-state index contributed by atoms with van der Waals surface area (Å²) in [4.78, 5) is 55.1. The van der Waals surface area contributed by atoms with Gasteiger partial charge in [0, 0.05) is 137 Å². The number of aromatic nitrogens is 20. The number of ether oxygens (including phenoxy) is 3. The van der Waals surface area contributed by atoms with Crippen LogP contribution in [-0.2, 0) is 44.0 Å².